The van der Waals surface area contributed by atoms with Crippen molar-refractivity contribution in [2.75, 3.05) is 6.54 Å². The van der Waals surface area contributed by atoms with E-state index >= 15 is 0 Å². The molecule has 1 N–H and O–H groups in total. The fraction of sp³-hybridized carbons (Fsp3) is 0.267. The topological polar surface area (TPSA) is 24.9 Å². The molecule has 0 unspecified atom stereocenters. The fourth-order valence-electron chi connectivity index (χ4n) is 1.86. The number of halogens is 1. The van der Waals surface area contributed by atoms with Crippen molar-refractivity contribution in [3.63, 3.8) is 0 Å². The Hall–Kier alpha value is -1.74. The molecule has 0 spiro atoms. The standard InChI is InChI=1S/C15H17FN2/c1-2-17-11-13-3-4-15(16)14(10-13)9-12-5-7-18-8-6-12/h3-8,10,17H,2,9,11H2,1H3. The molecule has 1 heterocycles. The summed E-state index contributed by atoms with van der Waals surface area (Å²) in [7, 11) is 0. The Labute approximate surface area is 107 Å². The van der Waals surface area contributed by atoms with Crippen LogP contribution in [0, 0.1) is 5.82 Å². The highest BCUT2D eigenvalue weighted by atomic mass is 19.1. The maximum absolute atomic E-state index is 13.7. The van der Waals surface area contributed by atoms with Crippen molar-refractivity contribution in [1.29, 1.82) is 0 Å². The van der Waals surface area contributed by atoms with E-state index in [9.17, 15) is 4.39 Å². The minimum atomic E-state index is -0.146. The zero-order valence-corrected chi connectivity index (χ0v) is 10.5. The number of aromatic nitrogens is 1. The van der Waals surface area contributed by atoms with Crippen LogP contribution in [0.5, 0.6) is 0 Å². The van der Waals surface area contributed by atoms with Crippen molar-refractivity contribution in [2.24, 2.45) is 0 Å². The van der Waals surface area contributed by atoms with Crippen LogP contribution < -0.4 is 5.32 Å². The molecule has 0 aliphatic carbocycles. The van der Waals surface area contributed by atoms with Crippen molar-refractivity contribution in [2.45, 2.75) is 19.9 Å². The minimum absolute atomic E-state index is 0.146. The molecular formula is C15H17FN2. The number of nitrogens with zero attached hydrogens (tertiary/aromatic N) is 1. The second-order valence-electron chi connectivity index (χ2n) is 4.24. The normalized spacial score (nSPS) is 10.6. The van der Waals surface area contributed by atoms with Crippen molar-refractivity contribution in [3.05, 3.63) is 65.2 Å². The van der Waals surface area contributed by atoms with Gasteiger partial charge in [-0.1, -0.05) is 19.1 Å². The first-order valence-corrected chi connectivity index (χ1v) is 6.16. The quantitative estimate of drug-likeness (QED) is 0.874. The highest BCUT2D eigenvalue weighted by Gasteiger charge is 2.04. The van der Waals surface area contributed by atoms with Crippen LogP contribution in [0.1, 0.15) is 23.6 Å². The van der Waals surface area contributed by atoms with Crippen molar-refractivity contribution < 1.29 is 4.39 Å². The molecule has 18 heavy (non-hydrogen) atoms. The highest BCUT2D eigenvalue weighted by Crippen LogP contribution is 2.15. The second kappa shape index (κ2) is 6.26. The summed E-state index contributed by atoms with van der Waals surface area (Å²) < 4.78 is 13.7. The predicted molar refractivity (Wildman–Crippen MR) is 70.8 cm³/mol. The van der Waals surface area contributed by atoms with E-state index in [-0.39, 0.29) is 5.82 Å². The Morgan fingerprint density at radius 3 is 2.61 bits per heavy atom. The van der Waals surface area contributed by atoms with E-state index in [4.69, 9.17) is 0 Å². The summed E-state index contributed by atoms with van der Waals surface area (Å²) in [5, 5.41) is 3.24. The lowest BCUT2D eigenvalue weighted by Crippen LogP contribution is -2.12. The Bertz CT molecular complexity index is 497. The van der Waals surface area contributed by atoms with Gasteiger partial charge in [-0.25, -0.2) is 4.39 Å². The molecule has 0 saturated heterocycles. The van der Waals surface area contributed by atoms with E-state index in [2.05, 4.69) is 17.2 Å². The van der Waals surface area contributed by atoms with Gasteiger partial charge in [-0.3, -0.25) is 4.98 Å². The number of hydrogen-bond acceptors (Lipinski definition) is 2. The SMILES string of the molecule is CCNCc1ccc(F)c(Cc2ccncc2)c1. The van der Waals surface area contributed by atoms with Gasteiger partial charge >= 0.3 is 0 Å². The summed E-state index contributed by atoms with van der Waals surface area (Å²) in [4.78, 5) is 3.96. The third-order valence-electron chi connectivity index (χ3n) is 2.83. The van der Waals surface area contributed by atoms with Gasteiger partial charge in [0.2, 0.25) is 0 Å². The first kappa shape index (κ1) is 12.7. The summed E-state index contributed by atoms with van der Waals surface area (Å²) in [5.41, 5.74) is 2.92. The molecule has 94 valence electrons. The summed E-state index contributed by atoms with van der Waals surface area (Å²) in [5.74, 6) is -0.146. The molecule has 0 saturated carbocycles. The van der Waals surface area contributed by atoms with E-state index < -0.39 is 0 Å². The molecule has 0 aliphatic heterocycles. The van der Waals surface area contributed by atoms with Gasteiger partial charge in [0.05, 0.1) is 0 Å². The third-order valence-corrected chi connectivity index (χ3v) is 2.83. The third kappa shape index (κ3) is 3.37. The number of nitrogens with one attached hydrogen (secondary N) is 1. The van der Waals surface area contributed by atoms with Crippen LogP contribution in [0.25, 0.3) is 0 Å². The maximum Gasteiger partial charge on any atom is 0.126 e. The van der Waals surface area contributed by atoms with Gasteiger partial charge < -0.3 is 5.32 Å². The molecule has 0 bridgehead atoms. The number of pyridine rings is 1. The Balaban J connectivity index is 2.16. The van der Waals surface area contributed by atoms with Crippen molar-refractivity contribution in [1.82, 2.24) is 10.3 Å². The molecule has 0 amide bonds. The van der Waals surface area contributed by atoms with E-state index in [0.29, 0.717) is 6.42 Å². The van der Waals surface area contributed by atoms with Gasteiger partial charge in [-0.05, 0) is 41.4 Å². The van der Waals surface area contributed by atoms with Gasteiger partial charge in [0.25, 0.3) is 0 Å². The molecule has 0 fully saturated rings. The average molecular weight is 244 g/mol. The molecule has 2 aromatic rings. The molecule has 0 radical (unpaired) electrons. The average Bonchev–Trinajstić information content (AvgIpc) is 2.41. The van der Waals surface area contributed by atoms with E-state index in [1.807, 2.05) is 24.3 Å². The zero-order valence-electron chi connectivity index (χ0n) is 10.5. The molecule has 2 nitrogen and oxygen atoms in total. The van der Waals surface area contributed by atoms with Crippen molar-refractivity contribution in [3.8, 4) is 0 Å². The van der Waals surface area contributed by atoms with Crippen LogP contribution in [0.15, 0.2) is 42.7 Å². The molecule has 3 heteroatoms. The summed E-state index contributed by atoms with van der Waals surface area (Å²) >= 11 is 0. The number of hydrogen-bond donors (Lipinski definition) is 1. The van der Waals surface area contributed by atoms with E-state index in [0.717, 1.165) is 29.8 Å². The fourth-order valence-corrected chi connectivity index (χ4v) is 1.86. The Kier molecular flexibility index (Phi) is 4.42. The lowest BCUT2D eigenvalue weighted by Gasteiger charge is -2.07. The van der Waals surface area contributed by atoms with Gasteiger partial charge in [-0.2, -0.15) is 0 Å². The smallest absolute Gasteiger partial charge is 0.126 e. The lowest BCUT2D eigenvalue weighted by molar-refractivity contribution is 0.611. The van der Waals surface area contributed by atoms with Gasteiger partial charge in [-0.15, -0.1) is 0 Å². The van der Waals surface area contributed by atoms with Crippen LogP contribution in [0.4, 0.5) is 4.39 Å². The molecule has 1 aromatic carbocycles. The lowest BCUT2D eigenvalue weighted by atomic mass is 10.0. The van der Waals surface area contributed by atoms with E-state index in [1.165, 1.54) is 0 Å². The van der Waals surface area contributed by atoms with Gasteiger partial charge in [0.1, 0.15) is 5.82 Å². The first-order chi connectivity index (χ1) is 8.79. The largest absolute Gasteiger partial charge is 0.313 e. The van der Waals surface area contributed by atoms with Crippen LogP contribution in [-0.4, -0.2) is 11.5 Å². The zero-order chi connectivity index (χ0) is 12.8. The maximum atomic E-state index is 13.7. The summed E-state index contributed by atoms with van der Waals surface area (Å²) in [6.07, 6.45) is 4.07. The number of benzene rings is 1. The molecule has 0 atom stereocenters. The monoisotopic (exact) mass is 244 g/mol. The van der Waals surface area contributed by atoms with Gasteiger partial charge in [0, 0.05) is 25.4 Å². The van der Waals surface area contributed by atoms with Crippen molar-refractivity contribution >= 4 is 0 Å². The van der Waals surface area contributed by atoms with Crippen LogP contribution >= 0.6 is 0 Å². The minimum Gasteiger partial charge on any atom is -0.313 e. The van der Waals surface area contributed by atoms with Crippen LogP contribution in [-0.2, 0) is 13.0 Å². The van der Waals surface area contributed by atoms with E-state index in [1.54, 1.807) is 18.5 Å². The van der Waals surface area contributed by atoms with Gasteiger partial charge in [0.15, 0.2) is 0 Å². The molecule has 0 aliphatic rings. The molecular weight excluding hydrogens is 227 g/mol. The first-order valence-electron chi connectivity index (χ1n) is 6.16. The Morgan fingerprint density at radius 2 is 1.89 bits per heavy atom. The molecule has 1 aromatic heterocycles. The highest BCUT2D eigenvalue weighted by molar-refractivity contribution is 5.30. The van der Waals surface area contributed by atoms with Crippen LogP contribution in [0.3, 0.4) is 0 Å². The van der Waals surface area contributed by atoms with Crippen LogP contribution in [0.2, 0.25) is 0 Å². The second-order valence-corrected chi connectivity index (χ2v) is 4.24. The molecule has 2 rings (SSSR count). The summed E-state index contributed by atoms with van der Waals surface area (Å²) in [6, 6.07) is 9.13. The predicted octanol–water partition coefficient (Wildman–Crippen LogP) is 2.92. The number of rotatable bonds is 5. The summed E-state index contributed by atoms with van der Waals surface area (Å²) in [6.45, 7) is 3.75. The Morgan fingerprint density at radius 1 is 1.11 bits per heavy atom.